The second-order valence-electron chi connectivity index (χ2n) is 5.80. The molecule has 0 spiro atoms. The zero-order chi connectivity index (χ0) is 16.6. The number of para-hydroxylation sites is 1. The van der Waals surface area contributed by atoms with Crippen molar-refractivity contribution in [1.29, 1.82) is 0 Å². The van der Waals surface area contributed by atoms with E-state index in [1.807, 2.05) is 6.07 Å². The minimum absolute atomic E-state index is 0.0764. The Hall–Kier alpha value is -2.14. The summed E-state index contributed by atoms with van der Waals surface area (Å²) in [7, 11) is 0. The fraction of sp³-hybridized carbons (Fsp3) is 0.300. The minimum atomic E-state index is 0.0764. The molecule has 0 saturated heterocycles. The van der Waals surface area contributed by atoms with E-state index in [4.69, 9.17) is 9.84 Å². The van der Waals surface area contributed by atoms with Gasteiger partial charge in [-0.15, -0.1) is 0 Å². The van der Waals surface area contributed by atoms with Crippen molar-refractivity contribution in [2.24, 2.45) is 0 Å². The maximum Gasteiger partial charge on any atom is 0.0698 e. The molecule has 4 nitrogen and oxygen atoms in total. The van der Waals surface area contributed by atoms with Crippen molar-refractivity contribution in [2.75, 3.05) is 26.4 Å². The summed E-state index contributed by atoms with van der Waals surface area (Å²) in [5, 5.41) is 13.4. The summed E-state index contributed by atoms with van der Waals surface area (Å²) in [5.74, 6) is 0. The van der Waals surface area contributed by atoms with Crippen LogP contribution < -0.4 is 5.32 Å². The van der Waals surface area contributed by atoms with E-state index in [1.165, 1.54) is 22.0 Å². The first kappa shape index (κ1) is 16.7. The van der Waals surface area contributed by atoms with Crippen LogP contribution in [-0.4, -0.2) is 36.0 Å². The highest BCUT2D eigenvalue weighted by Crippen LogP contribution is 2.22. The highest BCUT2D eigenvalue weighted by atomic mass is 16.5. The summed E-state index contributed by atoms with van der Waals surface area (Å²) in [5.41, 5.74) is 3.86. The molecule has 2 aromatic carbocycles. The molecule has 24 heavy (non-hydrogen) atoms. The summed E-state index contributed by atoms with van der Waals surface area (Å²) in [6, 6.07) is 19.0. The zero-order valence-electron chi connectivity index (χ0n) is 13.8. The number of ether oxygens (including phenoxy) is 1. The van der Waals surface area contributed by atoms with Crippen molar-refractivity contribution in [3.8, 4) is 0 Å². The Labute approximate surface area is 142 Å². The fourth-order valence-corrected chi connectivity index (χ4v) is 2.91. The van der Waals surface area contributed by atoms with Gasteiger partial charge in [0.15, 0.2) is 0 Å². The maximum atomic E-state index is 8.69. The van der Waals surface area contributed by atoms with Gasteiger partial charge in [-0.25, -0.2) is 0 Å². The van der Waals surface area contributed by atoms with E-state index in [1.54, 1.807) is 0 Å². The van der Waals surface area contributed by atoms with Crippen LogP contribution in [-0.2, 0) is 17.8 Å². The van der Waals surface area contributed by atoms with Crippen molar-refractivity contribution < 1.29 is 9.84 Å². The average molecular weight is 324 g/mol. The van der Waals surface area contributed by atoms with E-state index < -0.39 is 0 Å². The van der Waals surface area contributed by atoms with Crippen molar-refractivity contribution in [3.63, 3.8) is 0 Å². The lowest BCUT2D eigenvalue weighted by Gasteiger charge is -2.05. The molecule has 0 fully saturated rings. The molecule has 1 heterocycles. The first-order valence-corrected chi connectivity index (χ1v) is 8.38. The standard InChI is InChI=1S/C20H24N2O2/c23-11-13-24-12-10-21-14-18-16-22(15-17-6-2-1-3-7-17)20-9-5-4-8-19(18)20/h1-9,16,21,23H,10-15H2. The Bertz CT molecular complexity index is 753. The minimum Gasteiger partial charge on any atom is -0.394 e. The molecular weight excluding hydrogens is 300 g/mol. The fourth-order valence-electron chi connectivity index (χ4n) is 2.91. The number of benzene rings is 2. The molecule has 0 amide bonds. The monoisotopic (exact) mass is 324 g/mol. The van der Waals surface area contributed by atoms with Gasteiger partial charge in [0.1, 0.15) is 0 Å². The molecule has 0 aliphatic heterocycles. The Morgan fingerprint density at radius 2 is 1.75 bits per heavy atom. The summed E-state index contributed by atoms with van der Waals surface area (Å²) < 4.78 is 7.58. The summed E-state index contributed by atoms with van der Waals surface area (Å²) >= 11 is 0. The molecular formula is C20H24N2O2. The van der Waals surface area contributed by atoms with Crippen LogP contribution in [0.2, 0.25) is 0 Å². The Morgan fingerprint density at radius 3 is 2.58 bits per heavy atom. The molecule has 1 aromatic heterocycles. The van der Waals surface area contributed by atoms with Crippen LogP contribution in [0.5, 0.6) is 0 Å². The second kappa shape index (κ2) is 8.64. The highest BCUT2D eigenvalue weighted by Gasteiger charge is 2.08. The molecule has 0 radical (unpaired) electrons. The summed E-state index contributed by atoms with van der Waals surface area (Å²) in [4.78, 5) is 0. The van der Waals surface area contributed by atoms with Gasteiger partial charge in [0, 0.05) is 36.7 Å². The van der Waals surface area contributed by atoms with Crippen LogP contribution >= 0.6 is 0 Å². The van der Waals surface area contributed by atoms with Gasteiger partial charge in [0.05, 0.1) is 19.8 Å². The molecule has 0 unspecified atom stereocenters. The average Bonchev–Trinajstić information content (AvgIpc) is 2.97. The summed E-state index contributed by atoms with van der Waals surface area (Å²) in [6.45, 7) is 3.55. The lowest BCUT2D eigenvalue weighted by Crippen LogP contribution is -2.19. The molecule has 0 aliphatic rings. The Kier molecular flexibility index (Phi) is 6.01. The van der Waals surface area contributed by atoms with Crippen LogP contribution in [0.15, 0.2) is 60.8 Å². The van der Waals surface area contributed by atoms with Crippen molar-refractivity contribution in [3.05, 3.63) is 71.9 Å². The van der Waals surface area contributed by atoms with E-state index in [2.05, 4.69) is 64.6 Å². The SMILES string of the molecule is OCCOCCNCc1cn(Cc2ccccc2)c2ccccc12. The van der Waals surface area contributed by atoms with Gasteiger partial charge in [0.25, 0.3) is 0 Å². The lowest BCUT2D eigenvalue weighted by atomic mass is 10.2. The number of aliphatic hydroxyl groups excluding tert-OH is 1. The molecule has 0 atom stereocenters. The first-order chi connectivity index (χ1) is 11.9. The van der Waals surface area contributed by atoms with E-state index in [0.717, 1.165) is 19.6 Å². The van der Waals surface area contributed by atoms with Gasteiger partial charge < -0.3 is 19.7 Å². The molecule has 4 heteroatoms. The predicted octanol–water partition coefficient (Wildman–Crippen LogP) is 2.79. The van der Waals surface area contributed by atoms with Gasteiger partial charge >= 0.3 is 0 Å². The van der Waals surface area contributed by atoms with Crippen LogP contribution in [0.25, 0.3) is 10.9 Å². The van der Waals surface area contributed by atoms with Crippen LogP contribution in [0.4, 0.5) is 0 Å². The molecule has 3 aromatic rings. The molecule has 2 N–H and O–H groups in total. The molecule has 126 valence electrons. The van der Waals surface area contributed by atoms with Crippen LogP contribution in [0.3, 0.4) is 0 Å². The van der Waals surface area contributed by atoms with Gasteiger partial charge in [-0.1, -0.05) is 48.5 Å². The zero-order valence-corrected chi connectivity index (χ0v) is 13.8. The number of fused-ring (bicyclic) bond motifs is 1. The quantitative estimate of drug-likeness (QED) is 0.595. The van der Waals surface area contributed by atoms with E-state index in [0.29, 0.717) is 13.2 Å². The van der Waals surface area contributed by atoms with Crippen LogP contribution in [0.1, 0.15) is 11.1 Å². The third kappa shape index (κ3) is 4.23. The largest absolute Gasteiger partial charge is 0.394 e. The number of rotatable bonds is 9. The van der Waals surface area contributed by atoms with Crippen molar-refractivity contribution in [2.45, 2.75) is 13.1 Å². The number of hydrogen-bond acceptors (Lipinski definition) is 3. The number of aliphatic hydroxyl groups is 1. The molecule has 0 bridgehead atoms. The number of aromatic nitrogens is 1. The van der Waals surface area contributed by atoms with Gasteiger partial charge in [-0.3, -0.25) is 0 Å². The first-order valence-electron chi connectivity index (χ1n) is 8.38. The van der Waals surface area contributed by atoms with E-state index in [9.17, 15) is 0 Å². The van der Waals surface area contributed by atoms with Crippen molar-refractivity contribution in [1.82, 2.24) is 9.88 Å². The van der Waals surface area contributed by atoms with Gasteiger partial charge in [-0.05, 0) is 17.2 Å². The van der Waals surface area contributed by atoms with Gasteiger partial charge in [-0.2, -0.15) is 0 Å². The molecule has 0 saturated carbocycles. The summed E-state index contributed by atoms with van der Waals surface area (Å²) in [6.07, 6.45) is 2.24. The van der Waals surface area contributed by atoms with E-state index >= 15 is 0 Å². The van der Waals surface area contributed by atoms with Crippen LogP contribution in [0, 0.1) is 0 Å². The van der Waals surface area contributed by atoms with Crippen molar-refractivity contribution >= 4 is 10.9 Å². The smallest absolute Gasteiger partial charge is 0.0698 e. The maximum absolute atomic E-state index is 8.69. The lowest BCUT2D eigenvalue weighted by molar-refractivity contribution is 0.0938. The number of nitrogens with zero attached hydrogens (tertiary/aromatic N) is 1. The Balaban J connectivity index is 1.69. The third-order valence-corrected chi connectivity index (χ3v) is 4.04. The number of hydrogen-bond donors (Lipinski definition) is 2. The van der Waals surface area contributed by atoms with Gasteiger partial charge in [0.2, 0.25) is 0 Å². The highest BCUT2D eigenvalue weighted by molar-refractivity contribution is 5.84. The normalized spacial score (nSPS) is 11.2. The van der Waals surface area contributed by atoms with E-state index in [-0.39, 0.29) is 6.61 Å². The number of nitrogens with one attached hydrogen (secondary N) is 1. The third-order valence-electron chi connectivity index (χ3n) is 4.04. The predicted molar refractivity (Wildman–Crippen MR) is 97.1 cm³/mol. The topological polar surface area (TPSA) is 46.4 Å². The second-order valence-corrected chi connectivity index (χ2v) is 5.80. The molecule has 0 aliphatic carbocycles. The Morgan fingerprint density at radius 1 is 0.958 bits per heavy atom. The molecule has 3 rings (SSSR count).